The number of halogens is 1. The maximum absolute atomic E-state index is 5.81. The van der Waals surface area contributed by atoms with Gasteiger partial charge in [-0.25, -0.2) is 4.98 Å². The molecule has 2 aromatic carbocycles. The number of para-hydroxylation sites is 1. The average molecular weight is 343 g/mol. The number of rotatable bonds is 2. The number of nitrogens with one attached hydrogen (secondary N) is 1. The second-order valence-corrected chi connectivity index (χ2v) is 5.90. The lowest BCUT2D eigenvalue weighted by Crippen LogP contribution is -2.03. The standard InChI is InChI=1S/C16H15BrN4/c1-9-7-11(17)8-10(2)14(9)20-15-12-5-3-4-6-13(12)19-16(18)21-15/h3-8H,1-2H3,(H3,18,19,20,21). The smallest absolute Gasteiger partial charge is 0.222 e. The van der Waals surface area contributed by atoms with Crippen LogP contribution < -0.4 is 11.1 Å². The summed E-state index contributed by atoms with van der Waals surface area (Å²) in [5.74, 6) is 0.996. The Balaban J connectivity index is 2.15. The molecule has 0 unspecified atom stereocenters. The summed E-state index contributed by atoms with van der Waals surface area (Å²) in [6, 6.07) is 12.0. The minimum absolute atomic E-state index is 0.267. The molecule has 0 saturated carbocycles. The van der Waals surface area contributed by atoms with Gasteiger partial charge in [-0.05, 0) is 49.2 Å². The van der Waals surface area contributed by atoms with Gasteiger partial charge in [0.25, 0.3) is 0 Å². The Bertz CT molecular complexity index is 807. The Labute approximate surface area is 131 Å². The summed E-state index contributed by atoms with van der Waals surface area (Å²) in [7, 11) is 0. The van der Waals surface area contributed by atoms with E-state index < -0.39 is 0 Å². The number of nitrogens with zero attached hydrogens (tertiary/aromatic N) is 2. The Morgan fingerprint density at radius 2 is 1.71 bits per heavy atom. The van der Waals surface area contributed by atoms with E-state index in [4.69, 9.17) is 5.73 Å². The highest BCUT2D eigenvalue weighted by Crippen LogP contribution is 2.30. The first-order valence-corrected chi connectivity index (χ1v) is 7.40. The van der Waals surface area contributed by atoms with Gasteiger partial charge < -0.3 is 11.1 Å². The molecule has 3 rings (SSSR count). The van der Waals surface area contributed by atoms with Gasteiger partial charge in [-0.1, -0.05) is 28.1 Å². The molecule has 0 fully saturated rings. The number of aryl methyl sites for hydroxylation is 2. The van der Waals surface area contributed by atoms with Crippen molar-refractivity contribution in [3.8, 4) is 0 Å². The van der Waals surface area contributed by atoms with E-state index in [0.29, 0.717) is 0 Å². The van der Waals surface area contributed by atoms with Crippen LogP contribution in [0.15, 0.2) is 40.9 Å². The SMILES string of the molecule is Cc1cc(Br)cc(C)c1Nc1nc(N)nc2ccccc12. The van der Waals surface area contributed by atoms with E-state index in [1.165, 1.54) is 0 Å². The van der Waals surface area contributed by atoms with Crippen molar-refractivity contribution >= 4 is 44.3 Å². The van der Waals surface area contributed by atoms with E-state index in [9.17, 15) is 0 Å². The van der Waals surface area contributed by atoms with E-state index in [-0.39, 0.29) is 5.95 Å². The van der Waals surface area contributed by atoms with E-state index >= 15 is 0 Å². The van der Waals surface area contributed by atoms with Gasteiger partial charge in [0, 0.05) is 15.5 Å². The molecule has 0 aliphatic rings. The van der Waals surface area contributed by atoms with Crippen LogP contribution in [0.2, 0.25) is 0 Å². The van der Waals surface area contributed by atoms with Crippen LogP contribution in [-0.4, -0.2) is 9.97 Å². The largest absolute Gasteiger partial charge is 0.368 e. The molecule has 0 saturated heterocycles. The summed E-state index contributed by atoms with van der Waals surface area (Å²) < 4.78 is 1.06. The first kappa shape index (κ1) is 13.8. The maximum atomic E-state index is 5.81. The van der Waals surface area contributed by atoms with E-state index in [2.05, 4.69) is 57.2 Å². The zero-order valence-corrected chi connectivity index (χ0v) is 13.4. The van der Waals surface area contributed by atoms with Gasteiger partial charge in [-0.2, -0.15) is 4.98 Å². The van der Waals surface area contributed by atoms with Crippen molar-refractivity contribution in [2.75, 3.05) is 11.1 Å². The molecule has 106 valence electrons. The van der Waals surface area contributed by atoms with Crippen molar-refractivity contribution in [2.45, 2.75) is 13.8 Å². The molecule has 21 heavy (non-hydrogen) atoms. The summed E-state index contributed by atoms with van der Waals surface area (Å²) >= 11 is 3.51. The van der Waals surface area contributed by atoms with Gasteiger partial charge in [0.2, 0.25) is 5.95 Å². The average Bonchev–Trinajstić information content (AvgIpc) is 2.42. The molecule has 0 aliphatic heterocycles. The number of fused-ring (bicyclic) bond motifs is 1. The van der Waals surface area contributed by atoms with Crippen LogP contribution in [-0.2, 0) is 0 Å². The lowest BCUT2D eigenvalue weighted by Gasteiger charge is -2.14. The molecular weight excluding hydrogens is 328 g/mol. The molecule has 0 radical (unpaired) electrons. The number of anilines is 3. The Kier molecular flexibility index (Phi) is 3.51. The summed E-state index contributed by atoms with van der Waals surface area (Å²) in [6.45, 7) is 4.12. The minimum Gasteiger partial charge on any atom is -0.368 e. The normalized spacial score (nSPS) is 10.8. The number of hydrogen-bond donors (Lipinski definition) is 2. The molecule has 0 bridgehead atoms. The van der Waals surface area contributed by atoms with Crippen molar-refractivity contribution in [3.63, 3.8) is 0 Å². The number of nitrogens with two attached hydrogens (primary N) is 1. The number of aromatic nitrogens is 2. The molecule has 3 aromatic rings. The zero-order chi connectivity index (χ0) is 15.0. The highest BCUT2D eigenvalue weighted by Gasteiger charge is 2.09. The van der Waals surface area contributed by atoms with Crippen LogP contribution in [0, 0.1) is 13.8 Å². The molecular formula is C16H15BrN4. The molecule has 4 nitrogen and oxygen atoms in total. The Hall–Kier alpha value is -2.14. The summed E-state index contributed by atoms with van der Waals surface area (Å²) in [4.78, 5) is 8.60. The van der Waals surface area contributed by atoms with Crippen molar-refractivity contribution in [2.24, 2.45) is 0 Å². The van der Waals surface area contributed by atoms with Gasteiger partial charge in [0.1, 0.15) is 5.82 Å². The predicted octanol–water partition coefficient (Wildman–Crippen LogP) is 4.33. The molecule has 1 aromatic heterocycles. The Morgan fingerprint density at radius 3 is 2.43 bits per heavy atom. The fourth-order valence-corrected chi connectivity index (χ4v) is 3.10. The van der Waals surface area contributed by atoms with Gasteiger partial charge in [-0.3, -0.25) is 0 Å². The number of hydrogen-bond acceptors (Lipinski definition) is 4. The molecule has 0 aliphatic carbocycles. The lowest BCUT2D eigenvalue weighted by atomic mass is 10.1. The van der Waals surface area contributed by atoms with E-state index in [0.717, 1.165) is 38.0 Å². The quantitative estimate of drug-likeness (QED) is 0.727. The van der Waals surface area contributed by atoms with Crippen LogP contribution in [0.25, 0.3) is 10.9 Å². The van der Waals surface area contributed by atoms with Crippen LogP contribution in [0.1, 0.15) is 11.1 Å². The molecule has 0 atom stereocenters. The fourth-order valence-electron chi connectivity index (χ4n) is 2.42. The first-order valence-electron chi connectivity index (χ1n) is 6.60. The first-order chi connectivity index (χ1) is 10.0. The van der Waals surface area contributed by atoms with Crippen molar-refractivity contribution in [1.29, 1.82) is 0 Å². The summed E-state index contributed by atoms with van der Waals surface area (Å²) in [5, 5.41) is 4.35. The highest BCUT2D eigenvalue weighted by atomic mass is 79.9. The number of benzene rings is 2. The minimum atomic E-state index is 0.267. The van der Waals surface area contributed by atoms with E-state index in [1.54, 1.807) is 0 Å². The zero-order valence-electron chi connectivity index (χ0n) is 11.8. The lowest BCUT2D eigenvalue weighted by molar-refractivity contribution is 1.22. The van der Waals surface area contributed by atoms with Crippen molar-refractivity contribution < 1.29 is 0 Å². The highest BCUT2D eigenvalue weighted by molar-refractivity contribution is 9.10. The topological polar surface area (TPSA) is 63.8 Å². The van der Waals surface area contributed by atoms with Gasteiger partial charge in [0.05, 0.1) is 5.52 Å². The molecule has 3 N–H and O–H groups in total. The Morgan fingerprint density at radius 1 is 1.05 bits per heavy atom. The number of nitrogen functional groups attached to an aromatic ring is 1. The third-order valence-electron chi connectivity index (χ3n) is 3.36. The maximum Gasteiger partial charge on any atom is 0.222 e. The van der Waals surface area contributed by atoms with Gasteiger partial charge >= 0.3 is 0 Å². The summed E-state index contributed by atoms with van der Waals surface area (Å²) in [5.41, 5.74) is 9.97. The second kappa shape index (κ2) is 5.33. The van der Waals surface area contributed by atoms with Crippen LogP contribution in [0.4, 0.5) is 17.5 Å². The molecule has 5 heteroatoms. The fraction of sp³-hybridized carbons (Fsp3) is 0.125. The van der Waals surface area contributed by atoms with E-state index in [1.807, 2.05) is 24.3 Å². The predicted molar refractivity (Wildman–Crippen MR) is 90.8 cm³/mol. The second-order valence-electron chi connectivity index (χ2n) is 4.99. The monoisotopic (exact) mass is 342 g/mol. The van der Waals surface area contributed by atoms with Crippen molar-refractivity contribution in [3.05, 3.63) is 52.0 Å². The molecule has 1 heterocycles. The van der Waals surface area contributed by atoms with Crippen molar-refractivity contribution in [1.82, 2.24) is 9.97 Å². The third-order valence-corrected chi connectivity index (χ3v) is 3.82. The molecule has 0 amide bonds. The van der Waals surface area contributed by atoms with Crippen LogP contribution in [0.5, 0.6) is 0 Å². The third kappa shape index (κ3) is 2.69. The molecule has 0 spiro atoms. The van der Waals surface area contributed by atoms with Crippen LogP contribution >= 0.6 is 15.9 Å². The van der Waals surface area contributed by atoms with Gasteiger partial charge in [-0.15, -0.1) is 0 Å². The van der Waals surface area contributed by atoms with Gasteiger partial charge in [0.15, 0.2) is 0 Å². The summed E-state index contributed by atoms with van der Waals surface area (Å²) in [6.07, 6.45) is 0. The van der Waals surface area contributed by atoms with Crippen LogP contribution in [0.3, 0.4) is 0 Å².